The van der Waals surface area contributed by atoms with Gasteiger partial charge in [0.25, 0.3) is 0 Å². The van der Waals surface area contributed by atoms with Crippen molar-refractivity contribution in [2.24, 2.45) is 0 Å². The number of thioether (sulfide) groups is 1. The highest BCUT2D eigenvalue weighted by Gasteiger charge is 2.13. The largest absolute Gasteiger partial charge is 0.282 e. The van der Waals surface area contributed by atoms with Crippen molar-refractivity contribution in [1.82, 2.24) is 4.98 Å². The summed E-state index contributed by atoms with van der Waals surface area (Å²) in [6.45, 7) is 0. The zero-order chi connectivity index (χ0) is 8.39. The molecule has 3 heteroatoms. The molecule has 0 aliphatic carbocycles. The van der Waals surface area contributed by atoms with Crippen LogP contribution >= 0.6 is 11.8 Å². The van der Waals surface area contributed by atoms with Crippen molar-refractivity contribution in [3.8, 4) is 0 Å². The van der Waals surface area contributed by atoms with Gasteiger partial charge in [0, 0.05) is 18.1 Å². The third-order valence-corrected chi connectivity index (χ3v) is 2.55. The van der Waals surface area contributed by atoms with E-state index in [1.807, 2.05) is 12.1 Å². The Balaban J connectivity index is 2.33. The number of pyridine rings is 1. The lowest BCUT2D eigenvalue weighted by Gasteiger charge is -1.97. The Kier molecular flexibility index (Phi) is 1.96. The first-order valence-corrected chi connectivity index (χ1v) is 4.62. The maximum Gasteiger partial charge on any atom is 0.212 e. The van der Waals surface area contributed by atoms with E-state index in [9.17, 15) is 4.79 Å². The number of nitrogens with zero attached hydrogens (tertiary/aromatic N) is 1. The van der Waals surface area contributed by atoms with Crippen LogP contribution < -0.4 is 0 Å². The van der Waals surface area contributed by atoms with Crippen molar-refractivity contribution in [2.45, 2.75) is 0 Å². The molecule has 0 amide bonds. The van der Waals surface area contributed by atoms with Gasteiger partial charge in [-0.3, -0.25) is 9.78 Å². The Labute approximate surface area is 74.7 Å². The Morgan fingerprint density at radius 1 is 1.50 bits per heavy atom. The van der Waals surface area contributed by atoms with Crippen LogP contribution in [-0.4, -0.2) is 15.9 Å². The van der Waals surface area contributed by atoms with Gasteiger partial charge in [0.05, 0.1) is 0 Å². The molecule has 0 atom stereocenters. The normalized spacial score (nSPS) is 16.3. The van der Waals surface area contributed by atoms with E-state index >= 15 is 0 Å². The highest BCUT2D eigenvalue weighted by atomic mass is 32.2. The van der Waals surface area contributed by atoms with Crippen LogP contribution in [0.5, 0.6) is 0 Å². The quantitative estimate of drug-likeness (QED) is 0.654. The molecule has 60 valence electrons. The SMILES string of the molecule is O=C1C=C(c2cccnc2)CS1. The fraction of sp³-hybridized carbons (Fsp3) is 0.111. The second-order valence-electron chi connectivity index (χ2n) is 2.52. The Bertz CT molecular complexity index is 332. The van der Waals surface area contributed by atoms with Crippen molar-refractivity contribution >= 4 is 22.5 Å². The third-order valence-electron chi connectivity index (χ3n) is 1.69. The fourth-order valence-corrected chi connectivity index (χ4v) is 1.87. The van der Waals surface area contributed by atoms with Crippen molar-refractivity contribution in [1.29, 1.82) is 0 Å². The van der Waals surface area contributed by atoms with Gasteiger partial charge in [0.1, 0.15) is 0 Å². The summed E-state index contributed by atoms with van der Waals surface area (Å²) in [5.41, 5.74) is 2.13. The van der Waals surface area contributed by atoms with E-state index in [4.69, 9.17) is 0 Å². The van der Waals surface area contributed by atoms with Crippen LogP contribution in [0.2, 0.25) is 0 Å². The van der Waals surface area contributed by atoms with Crippen LogP contribution in [0, 0.1) is 0 Å². The topological polar surface area (TPSA) is 30.0 Å². The lowest BCUT2D eigenvalue weighted by atomic mass is 10.1. The molecule has 1 aromatic heterocycles. The van der Waals surface area contributed by atoms with Crippen LogP contribution in [0.4, 0.5) is 0 Å². The summed E-state index contributed by atoms with van der Waals surface area (Å²) >= 11 is 1.34. The van der Waals surface area contributed by atoms with Gasteiger partial charge >= 0.3 is 0 Å². The zero-order valence-electron chi connectivity index (χ0n) is 6.36. The molecule has 1 aromatic rings. The van der Waals surface area contributed by atoms with Crippen molar-refractivity contribution < 1.29 is 4.79 Å². The molecular formula is C9H7NOS. The van der Waals surface area contributed by atoms with Gasteiger partial charge in [0.15, 0.2) is 0 Å². The molecule has 2 heterocycles. The molecule has 0 fully saturated rings. The monoisotopic (exact) mass is 177 g/mol. The van der Waals surface area contributed by atoms with E-state index in [1.54, 1.807) is 18.5 Å². The number of hydrogen-bond donors (Lipinski definition) is 0. The molecule has 0 aromatic carbocycles. The maximum atomic E-state index is 10.9. The van der Waals surface area contributed by atoms with Gasteiger partial charge < -0.3 is 0 Å². The standard InChI is InChI=1S/C9H7NOS/c11-9-4-8(6-12-9)7-2-1-3-10-5-7/h1-5H,6H2. The minimum Gasteiger partial charge on any atom is -0.282 e. The van der Waals surface area contributed by atoms with E-state index in [2.05, 4.69) is 4.98 Å². The Hall–Kier alpha value is -1.09. The molecule has 0 radical (unpaired) electrons. The molecule has 2 rings (SSSR count). The van der Waals surface area contributed by atoms with E-state index < -0.39 is 0 Å². The summed E-state index contributed by atoms with van der Waals surface area (Å²) in [7, 11) is 0. The number of carbonyl (C=O) groups excluding carboxylic acids is 1. The Morgan fingerprint density at radius 2 is 2.42 bits per heavy atom. The van der Waals surface area contributed by atoms with Crippen LogP contribution in [0.15, 0.2) is 30.6 Å². The third kappa shape index (κ3) is 1.41. The maximum absolute atomic E-state index is 10.9. The molecule has 2 nitrogen and oxygen atoms in total. The van der Waals surface area contributed by atoms with E-state index in [1.165, 1.54) is 11.8 Å². The number of rotatable bonds is 1. The molecule has 0 saturated heterocycles. The van der Waals surface area contributed by atoms with Crippen LogP contribution in [-0.2, 0) is 4.79 Å². The van der Waals surface area contributed by atoms with Crippen molar-refractivity contribution in [3.05, 3.63) is 36.2 Å². The second-order valence-corrected chi connectivity index (χ2v) is 3.50. The first kappa shape index (κ1) is 7.55. The molecule has 0 spiro atoms. The second kappa shape index (κ2) is 3.11. The molecule has 1 aliphatic heterocycles. The van der Waals surface area contributed by atoms with E-state index in [-0.39, 0.29) is 5.12 Å². The lowest BCUT2D eigenvalue weighted by molar-refractivity contribution is -0.106. The predicted molar refractivity (Wildman–Crippen MR) is 49.7 cm³/mol. The van der Waals surface area contributed by atoms with Gasteiger partial charge in [-0.1, -0.05) is 17.8 Å². The lowest BCUT2D eigenvalue weighted by Crippen LogP contribution is -1.83. The van der Waals surface area contributed by atoms with Gasteiger partial charge in [-0.25, -0.2) is 0 Å². The Morgan fingerprint density at radius 3 is 3.00 bits per heavy atom. The summed E-state index contributed by atoms with van der Waals surface area (Å²) in [6, 6.07) is 3.85. The minimum absolute atomic E-state index is 0.147. The summed E-state index contributed by atoms with van der Waals surface area (Å²) in [5.74, 6) is 0.782. The number of hydrogen-bond acceptors (Lipinski definition) is 3. The molecular weight excluding hydrogens is 170 g/mol. The molecule has 0 saturated carbocycles. The summed E-state index contributed by atoms with van der Waals surface area (Å²) in [5, 5.41) is 0.147. The van der Waals surface area contributed by atoms with Crippen LogP contribution in [0.3, 0.4) is 0 Å². The number of carbonyl (C=O) groups is 1. The molecule has 12 heavy (non-hydrogen) atoms. The van der Waals surface area contributed by atoms with Crippen LogP contribution in [0.25, 0.3) is 5.57 Å². The van der Waals surface area contributed by atoms with Crippen molar-refractivity contribution in [2.75, 3.05) is 5.75 Å². The van der Waals surface area contributed by atoms with Crippen molar-refractivity contribution in [3.63, 3.8) is 0 Å². The smallest absolute Gasteiger partial charge is 0.212 e. The highest BCUT2D eigenvalue weighted by molar-refractivity contribution is 8.14. The summed E-state index contributed by atoms with van der Waals surface area (Å²) < 4.78 is 0. The minimum atomic E-state index is 0.147. The molecule has 0 bridgehead atoms. The van der Waals surface area contributed by atoms with Gasteiger partial charge in [-0.15, -0.1) is 0 Å². The average Bonchev–Trinajstić information content (AvgIpc) is 2.54. The number of aromatic nitrogens is 1. The van der Waals surface area contributed by atoms with E-state index in [0.717, 1.165) is 16.9 Å². The molecule has 0 N–H and O–H groups in total. The fourth-order valence-electron chi connectivity index (χ4n) is 1.09. The molecule has 0 unspecified atom stereocenters. The average molecular weight is 177 g/mol. The van der Waals surface area contributed by atoms with Gasteiger partial charge in [0.2, 0.25) is 5.12 Å². The van der Waals surface area contributed by atoms with Gasteiger partial charge in [-0.2, -0.15) is 0 Å². The highest BCUT2D eigenvalue weighted by Crippen LogP contribution is 2.26. The first-order chi connectivity index (χ1) is 5.86. The predicted octanol–water partition coefficient (Wildman–Crippen LogP) is 1.74. The zero-order valence-corrected chi connectivity index (χ0v) is 7.17. The van der Waals surface area contributed by atoms with E-state index in [0.29, 0.717) is 0 Å². The van der Waals surface area contributed by atoms with Gasteiger partial charge in [-0.05, 0) is 23.3 Å². The summed E-state index contributed by atoms with van der Waals surface area (Å²) in [6.07, 6.45) is 5.20. The summed E-state index contributed by atoms with van der Waals surface area (Å²) in [4.78, 5) is 14.9. The van der Waals surface area contributed by atoms with Crippen LogP contribution in [0.1, 0.15) is 5.56 Å². The first-order valence-electron chi connectivity index (χ1n) is 3.64. The molecule has 1 aliphatic rings.